The summed E-state index contributed by atoms with van der Waals surface area (Å²) in [5.74, 6) is -0.0170. The molecule has 1 aliphatic carbocycles. The molecule has 34 heavy (non-hydrogen) atoms. The van der Waals surface area contributed by atoms with Crippen LogP contribution in [0.1, 0.15) is 35.1 Å². The molecule has 1 aromatic heterocycles. The standard InChI is InChI=1S/C26H25N3O4S/c27-25-29-23-19(10-5-11-22(23)34-25)24(31)21(30)12-13-28-26(32)33-14-20-17-8-3-1-6-15(17)16-7-2-4-9-18(16)20/h1-11,20-21,24,30-31H,12-14H2,(H2,27,29)(H,28,32). The first-order valence-corrected chi connectivity index (χ1v) is 11.9. The largest absolute Gasteiger partial charge is 0.449 e. The summed E-state index contributed by atoms with van der Waals surface area (Å²) >= 11 is 1.32. The maximum absolute atomic E-state index is 12.3. The summed E-state index contributed by atoms with van der Waals surface area (Å²) < 4.78 is 6.36. The van der Waals surface area contributed by atoms with E-state index in [1.165, 1.54) is 22.5 Å². The van der Waals surface area contributed by atoms with Crippen LogP contribution in [0.3, 0.4) is 0 Å². The molecular formula is C26H25N3O4S. The van der Waals surface area contributed by atoms with Gasteiger partial charge < -0.3 is 26.0 Å². The van der Waals surface area contributed by atoms with E-state index in [1.807, 2.05) is 30.3 Å². The highest BCUT2D eigenvalue weighted by Crippen LogP contribution is 2.44. The van der Waals surface area contributed by atoms with Gasteiger partial charge in [-0.15, -0.1) is 0 Å². The lowest BCUT2D eigenvalue weighted by molar-refractivity contribution is 0.0144. The zero-order valence-corrected chi connectivity index (χ0v) is 19.2. The molecule has 3 aromatic carbocycles. The first-order valence-electron chi connectivity index (χ1n) is 11.1. The van der Waals surface area contributed by atoms with Crippen LogP contribution in [0.2, 0.25) is 0 Å². The van der Waals surface area contributed by atoms with Crippen LogP contribution in [0, 0.1) is 0 Å². The minimum absolute atomic E-state index is 0.0170. The fourth-order valence-electron chi connectivity index (χ4n) is 4.56. The van der Waals surface area contributed by atoms with Gasteiger partial charge in [-0.25, -0.2) is 9.78 Å². The summed E-state index contributed by atoms with van der Waals surface area (Å²) in [6, 6.07) is 21.7. The number of nitrogen functional groups attached to an aromatic ring is 1. The van der Waals surface area contributed by atoms with Crippen LogP contribution in [0.25, 0.3) is 21.3 Å². The molecule has 0 aliphatic heterocycles. The molecule has 0 radical (unpaired) electrons. The van der Waals surface area contributed by atoms with Crippen LogP contribution in [0.5, 0.6) is 0 Å². The van der Waals surface area contributed by atoms with Crippen LogP contribution < -0.4 is 11.1 Å². The number of amides is 1. The van der Waals surface area contributed by atoms with E-state index in [0.717, 1.165) is 15.8 Å². The minimum atomic E-state index is -1.14. The number of fused-ring (bicyclic) bond motifs is 4. The molecule has 174 valence electrons. The Morgan fingerprint density at radius 2 is 1.71 bits per heavy atom. The fourth-order valence-corrected chi connectivity index (χ4v) is 5.33. The SMILES string of the molecule is Nc1nc2c(C(O)C(O)CCNC(=O)OCC3c4ccccc4-c4ccccc43)cccc2s1. The van der Waals surface area contributed by atoms with Crippen molar-refractivity contribution >= 4 is 32.8 Å². The lowest BCUT2D eigenvalue weighted by atomic mass is 9.98. The molecule has 1 heterocycles. The molecule has 5 rings (SSSR count). The molecule has 2 atom stereocenters. The lowest BCUT2D eigenvalue weighted by Gasteiger charge is -2.19. The molecule has 0 fully saturated rings. The van der Waals surface area contributed by atoms with Gasteiger partial charge in [-0.05, 0) is 34.7 Å². The number of thiazole rings is 1. The Bertz CT molecular complexity index is 1290. The Labute approximate surface area is 200 Å². The van der Waals surface area contributed by atoms with Crippen molar-refractivity contribution in [3.63, 3.8) is 0 Å². The van der Waals surface area contributed by atoms with E-state index in [-0.39, 0.29) is 25.5 Å². The molecule has 2 unspecified atom stereocenters. The van der Waals surface area contributed by atoms with Crippen molar-refractivity contribution in [2.75, 3.05) is 18.9 Å². The maximum Gasteiger partial charge on any atom is 0.407 e. The summed E-state index contributed by atoms with van der Waals surface area (Å²) in [5, 5.41) is 24.2. The molecule has 8 heteroatoms. The van der Waals surface area contributed by atoms with Crippen molar-refractivity contribution in [3.8, 4) is 11.1 Å². The van der Waals surface area contributed by atoms with Gasteiger partial charge in [0.2, 0.25) is 0 Å². The highest BCUT2D eigenvalue weighted by atomic mass is 32.1. The molecule has 5 N–H and O–H groups in total. The second kappa shape index (κ2) is 9.42. The fraction of sp³-hybridized carbons (Fsp3) is 0.231. The average molecular weight is 476 g/mol. The predicted octanol–water partition coefficient (Wildman–Crippen LogP) is 4.20. The van der Waals surface area contributed by atoms with Gasteiger partial charge in [-0.1, -0.05) is 72.0 Å². The Hall–Kier alpha value is -3.46. The summed E-state index contributed by atoms with van der Waals surface area (Å²) in [5.41, 5.74) is 11.5. The number of carbonyl (C=O) groups is 1. The molecular weight excluding hydrogens is 450 g/mol. The number of aromatic nitrogens is 1. The molecule has 4 aromatic rings. The Balaban J connectivity index is 1.15. The van der Waals surface area contributed by atoms with E-state index in [4.69, 9.17) is 10.5 Å². The van der Waals surface area contributed by atoms with Crippen LogP contribution in [-0.4, -0.2) is 40.5 Å². The summed E-state index contributed by atoms with van der Waals surface area (Å²) in [4.78, 5) is 16.6. The van der Waals surface area contributed by atoms with E-state index in [0.29, 0.717) is 16.2 Å². The van der Waals surface area contributed by atoms with Gasteiger partial charge in [0.25, 0.3) is 0 Å². The first kappa shape index (κ1) is 22.3. The zero-order chi connectivity index (χ0) is 23.7. The summed E-state index contributed by atoms with van der Waals surface area (Å²) in [6.45, 7) is 0.377. The van der Waals surface area contributed by atoms with Gasteiger partial charge in [0.15, 0.2) is 5.13 Å². The Morgan fingerprint density at radius 3 is 2.41 bits per heavy atom. The molecule has 0 saturated carbocycles. The second-order valence-electron chi connectivity index (χ2n) is 8.30. The number of nitrogens with one attached hydrogen (secondary N) is 1. The number of alkyl carbamates (subject to hydrolysis) is 1. The smallest absolute Gasteiger partial charge is 0.407 e. The number of ether oxygens (including phenoxy) is 1. The average Bonchev–Trinajstić information content (AvgIpc) is 3.39. The number of aliphatic hydroxyl groups excluding tert-OH is 2. The topological polar surface area (TPSA) is 118 Å². The normalized spacial score (nSPS) is 14.4. The molecule has 0 spiro atoms. The zero-order valence-electron chi connectivity index (χ0n) is 18.3. The van der Waals surface area contributed by atoms with Gasteiger partial charge in [-0.2, -0.15) is 0 Å². The highest BCUT2D eigenvalue weighted by molar-refractivity contribution is 7.22. The first-order chi connectivity index (χ1) is 16.5. The maximum atomic E-state index is 12.3. The van der Waals surface area contributed by atoms with Crippen molar-refractivity contribution in [1.82, 2.24) is 10.3 Å². The van der Waals surface area contributed by atoms with Crippen molar-refractivity contribution in [2.45, 2.75) is 24.5 Å². The number of carbonyl (C=O) groups excluding carboxylic acids is 1. The van der Waals surface area contributed by atoms with E-state index in [1.54, 1.807) is 12.1 Å². The Kier molecular flexibility index (Phi) is 6.19. The predicted molar refractivity (Wildman–Crippen MR) is 133 cm³/mol. The van der Waals surface area contributed by atoms with Gasteiger partial charge in [-0.3, -0.25) is 0 Å². The molecule has 1 amide bonds. The third-order valence-corrected chi connectivity index (χ3v) is 7.05. The quantitative estimate of drug-likeness (QED) is 0.318. The lowest BCUT2D eigenvalue weighted by Crippen LogP contribution is -2.30. The van der Waals surface area contributed by atoms with Crippen molar-refractivity contribution in [1.29, 1.82) is 0 Å². The van der Waals surface area contributed by atoms with Crippen molar-refractivity contribution in [2.24, 2.45) is 0 Å². The molecule has 7 nitrogen and oxygen atoms in total. The van der Waals surface area contributed by atoms with Crippen LogP contribution in [0.4, 0.5) is 9.93 Å². The molecule has 0 bridgehead atoms. The number of nitrogens with two attached hydrogens (primary N) is 1. The number of hydrogen-bond acceptors (Lipinski definition) is 7. The number of nitrogens with zero attached hydrogens (tertiary/aromatic N) is 1. The number of aliphatic hydroxyl groups is 2. The van der Waals surface area contributed by atoms with Crippen molar-refractivity contribution in [3.05, 3.63) is 83.4 Å². The van der Waals surface area contributed by atoms with Gasteiger partial charge in [0, 0.05) is 18.0 Å². The van der Waals surface area contributed by atoms with Crippen LogP contribution in [-0.2, 0) is 4.74 Å². The monoisotopic (exact) mass is 475 g/mol. The Morgan fingerprint density at radius 1 is 1.03 bits per heavy atom. The molecule has 1 aliphatic rings. The third-order valence-electron chi connectivity index (χ3n) is 6.20. The van der Waals surface area contributed by atoms with E-state index >= 15 is 0 Å². The number of rotatable bonds is 7. The third kappa shape index (κ3) is 4.23. The van der Waals surface area contributed by atoms with Gasteiger partial charge in [0.1, 0.15) is 12.7 Å². The van der Waals surface area contributed by atoms with Crippen molar-refractivity contribution < 1.29 is 19.7 Å². The van der Waals surface area contributed by atoms with E-state index < -0.39 is 18.3 Å². The number of anilines is 1. The minimum Gasteiger partial charge on any atom is -0.449 e. The van der Waals surface area contributed by atoms with E-state index in [2.05, 4.69) is 34.6 Å². The highest BCUT2D eigenvalue weighted by Gasteiger charge is 2.29. The van der Waals surface area contributed by atoms with Gasteiger partial charge in [0.05, 0.1) is 16.3 Å². The van der Waals surface area contributed by atoms with Crippen LogP contribution >= 0.6 is 11.3 Å². The second-order valence-corrected chi connectivity index (χ2v) is 9.36. The number of para-hydroxylation sites is 1. The summed E-state index contributed by atoms with van der Waals surface area (Å²) in [7, 11) is 0. The summed E-state index contributed by atoms with van der Waals surface area (Å²) in [6.07, 6.45) is -2.63. The number of benzene rings is 3. The van der Waals surface area contributed by atoms with Crippen LogP contribution in [0.15, 0.2) is 66.7 Å². The van der Waals surface area contributed by atoms with E-state index in [9.17, 15) is 15.0 Å². The van der Waals surface area contributed by atoms with Gasteiger partial charge >= 0.3 is 6.09 Å². The molecule has 0 saturated heterocycles. The number of hydrogen-bond donors (Lipinski definition) is 4.